The molecule has 0 saturated heterocycles. The molecule has 0 bridgehead atoms. The first-order valence-electron chi connectivity index (χ1n) is 6.07. The molecular formula is C13H20N2O3. The molecule has 0 aliphatic carbocycles. The standard InChI is InChI=1S/C13H20N2O3/c1-9(2)18-12-5-4-11(8-14-12)13(17)15-10(3)6-7-16/h4-5,8-10,16H,6-7H2,1-3H3,(H,15,17). The summed E-state index contributed by atoms with van der Waals surface area (Å²) in [5, 5.41) is 11.5. The van der Waals surface area contributed by atoms with Gasteiger partial charge >= 0.3 is 0 Å². The summed E-state index contributed by atoms with van der Waals surface area (Å²) in [5.74, 6) is 0.310. The number of aromatic nitrogens is 1. The van der Waals surface area contributed by atoms with Crippen LogP contribution in [0.2, 0.25) is 0 Å². The van der Waals surface area contributed by atoms with E-state index in [9.17, 15) is 4.79 Å². The second-order valence-electron chi connectivity index (χ2n) is 4.44. The SMILES string of the molecule is CC(CCO)NC(=O)c1ccc(OC(C)C)nc1. The number of amides is 1. The second-order valence-corrected chi connectivity index (χ2v) is 4.44. The molecule has 1 amide bonds. The Bertz CT molecular complexity index is 376. The molecule has 0 aliphatic heterocycles. The quantitative estimate of drug-likeness (QED) is 0.802. The van der Waals surface area contributed by atoms with Gasteiger partial charge in [-0.2, -0.15) is 0 Å². The number of hydrogen-bond donors (Lipinski definition) is 2. The van der Waals surface area contributed by atoms with Crippen LogP contribution < -0.4 is 10.1 Å². The van der Waals surface area contributed by atoms with E-state index in [0.717, 1.165) is 0 Å². The van der Waals surface area contributed by atoms with Crippen LogP contribution >= 0.6 is 0 Å². The Hall–Kier alpha value is -1.62. The third-order valence-corrected chi connectivity index (χ3v) is 2.29. The van der Waals surface area contributed by atoms with Crippen molar-refractivity contribution in [1.29, 1.82) is 0 Å². The van der Waals surface area contributed by atoms with Gasteiger partial charge in [0.15, 0.2) is 0 Å². The van der Waals surface area contributed by atoms with Crippen LogP contribution in [0.15, 0.2) is 18.3 Å². The van der Waals surface area contributed by atoms with E-state index in [4.69, 9.17) is 9.84 Å². The first-order chi connectivity index (χ1) is 8.52. The van der Waals surface area contributed by atoms with E-state index in [2.05, 4.69) is 10.3 Å². The third kappa shape index (κ3) is 4.71. The maximum Gasteiger partial charge on any atom is 0.253 e. The molecule has 5 heteroatoms. The highest BCUT2D eigenvalue weighted by Crippen LogP contribution is 2.09. The van der Waals surface area contributed by atoms with Crippen LogP contribution in [0.25, 0.3) is 0 Å². The molecule has 1 unspecified atom stereocenters. The van der Waals surface area contributed by atoms with Gasteiger partial charge in [0, 0.05) is 24.9 Å². The molecule has 0 radical (unpaired) electrons. The Morgan fingerprint density at radius 1 is 1.44 bits per heavy atom. The van der Waals surface area contributed by atoms with Gasteiger partial charge in [0.1, 0.15) is 0 Å². The molecule has 0 spiro atoms. The van der Waals surface area contributed by atoms with E-state index in [-0.39, 0.29) is 24.7 Å². The van der Waals surface area contributed by atoms with Gasteiger partial charge in [-0.1, -0.05) is 0 Å². The topological polar surface area (TPSA) is 71.5 Å². The smallest absolute Gasteiger partial charge is 0.253 e. The van der Waals surface area contributed by atoms with Crippen LogP contribution in [0, 0.1) is 0 Å². The first-order valence-corrected chi connectivity index (χ1v) is 6.07. The third-order valence-electron chi connectivity index (χ3n) is 2.29. The van der Waals surface area contributed by atoms with Crippen molar-refractivity contribution in [2.24, 2.45) is 0 Å². The summed E-state index contributed by atoms with van der Waals surface area (Å²) < 4.78 is 5.39. The number of nitrogens with one attached hydrogen (secondary N) is 1. The fourth-order valence-corrected chi connectivity index (χ4v) is 1.40. The number of carbonyl (C=O) groups is 1. The Morgan fingerprint density at radius 2 is 2.17 bits per heavy atom. The van der Waals surface area contributed by atoms with Crippen molar-refractivity contribution in [2.75, 3.05) is 6.61 Å². The number of aliphatic hydroxyl groups is 1. The highest BCUT2D eigenvalue weighted by atomic mass is 16.5. The molecular weight excluding hydrogens is 232 g/mol. The highest BCUT2D eigenvalue weighted by molar-refractivity contribution is 5.94. The Balaban J connectivity index is 2.59. The number of carbonyl (C=O) groups excluding carboxylic acids is 1. The number of pyridine rings is 1. The minimum atomic E-state index is -0.195. The van der Waals surface area contributed by atoms with Gasteiger partial charge < -0.3 is 15.2 Å². The van der Waals surface area contributed by atoms with E-state index in [1.165, 1.54) is 6.20 Å². The Labute approximate surface area is 107 Å². The van der Waals surface area contributed by atoms with E-state index in [1.807, 2.05) is 20.8 Å². The largest absolute Gasteiger partial charge is 0.475 e. The predicted octanol–water partition coefficient (Wildman–Crippen LogP) is 1.37. The van der Waals surface area contributed by atoms with Crippen molar-refractivity contribution >= 4 is 5.91 Å². The Kier molecular flexibility index (Phi) is 5.58. The van der Waals surface area contributed by atoms with Gasteiger partial charge in [0.05, 0.1) is 11.7 Å². The molecule has 1 atom stereocenters. The van der Waals surface area contributed by atoms with E-state index in [0.29, 0.717) is 17.9 Å². The molecule has 100 valence electrons. The van der Waals surface area contributed by atoms with Crippen LogP contribution in [-0.4, -0.2) is 34.8 Å². The molecule has 1 aromatic heterocycles. The second kappa shape index (κ2) is 6.96. The zero-order valence-corrected chi connectivity index (χ0v) is 11.0. The van der Waals surface area contributed by atoms with Crippen molar-refractivity contribution < 1.29 is 14.6 Å². The number of rotatable bonds is 6. The van der Waals surface area contributed by atoms with E-state index in [1.54, 1.807) is 12.1 Å². The van der Waals surface area contributed by atoms with Crippen LogP contribution in [-0.2, 0) is 0 Å². The van der Waals surface area contributed by atoms with E-state index >= 15 is 0 Å². The summed E-state index contributed by atoms with van der Waals surface area (Å²) in [6, 6.07) is 3.28. The monoisotopic (exact) mass is 252 g/mol. The summed E-state index contributed by atoms with van der Waals surface area (Å²) in [4.78, 5) is 15.9. The molecule has 0 aliphatic rings. The molecule has 0 aromatic carbocycles. The average Bonchev–Trinajstić information content (AvgIpc) is 2.29. The van der Waals surface area contributed by atoms with Gasteiger partial charge in [0.2, 0.25) is 5.88 Å². The van der Waals surface area contributed by atoms with Gasteiger partial charge in [0.25, 0.3) is 5.91 Å². The van der Waals surface area contributed by atoms with Crippen molar-refractivity contribution in [3.8, 4) is 5.88 Å². The number of ether oxygens (including phenoxy) is 1. The lowest BCUT2D eigenvalue weighted by Crippen LogP contribution is -2.33. The fourth-order valence-electron chi connectivity index (χ4n) is 1.40. The first kappa shape index (κ1) is 14.4. The van der Waals surface area contributed by atoms with Crippen molar-refractivity contribution in [1.82, 2.24) is 10.3 Å². The Morgan fingerprint density at radius 3 is 2.67 bits per heavy atom. The lowest BCUT2D eigenvalue weighted by Gasteiger charge is -2.12. The maximum atomic E-state index is 11.8. The van der Waals surface area contributed by atoms with Crippen LogP contribution in [0.5, 0.6) is 5.88 Å². The van der Waals surface area contributed by atoms with Crippen molar-refractivity contribution in [3.63, 3.8) is 0 Å². The van der Waals surface area contributed by atoms with Gasteiger partial charge in [-0.25, -0.2) is 4.98 Å². The minimum absolute atomic E-state index is 0.0564. The molecule has 0 fully saturated rings. The van der Waals surface area contributed by atoms with Gasteiger partial charge in [-0.3, -0.25) is 4.79 Å². The summed E-state index contributed by atoms with van der Waals surface area (Å²) >= 11 is 0. The van der Waals surface area contributed by atoms with Gasteiger partial charge in [-0.15, -0.1) is 0 Å². The zero-order chi connectivity index (χ0) is 13.5. The average molecular weight is 252 g/mol. The van der Waals surface area contributed by atoms with Gasteiger partial charge in [-0.05, 0) is 33.3 Å². The molecule has 1 rings (SSSR count). The fraction of sp³-hybridized carbons (Fsp3) is 0.538. The lowest BCUT2D eigenvalue weighted by molar-refractivity contribution is 0.0934. The summed E-state index contributed by atoms with van der Waals surface area (Å²) in [5.41, 5.74) is 0.482. The van der Waals surface area contributed by atoms with Crippen molar-refractivity contribution in [3.05, 3.63) is 23.9 Å². The molecule has 0 saturated carbocycles. The minimum Gasteiger partial charge on any atom is -0.475 e. The molecule has 2 N–H and O–H groups in total. The van der Waals surface area contributed by atoms with Crippen LogP contribution in [0.1, 0.15) is 37.6 Å². The van der Waals surface area contributed by atoms with Crippen LogP contribution in [0.3, 0.4) is 0 Å². The summed E-state index contributed by atoms with van der Waals surface area (Å²) in [6.45, 7) is 5.73. The zero-order valence-electron chi connectivity index (χ0n) is 11.0. The lowest BCUT2D eigenvalue weighted by atomic mass is 10.2. The maximum absolute atomic E-state index is 11.8. The molecule has 18 heavy (non-hydrogen) atoms. The molecule has 1 aromatic rings. The van der Waals surface area contributed by atoms with E-state index < -0.39 is 0 Å². The number of aliphatic hydroxyl groups excluding tert-OH is 1. The normalized spacial score (nSPS) is 12.3. The number of hydrogen-bond acceptors (Lipinski definition) is 4. The summed E-state index contributed by atoms with van der Waals surface area (Å²) in [6.07, 6.45) is 2.08. The highest BCUT2D eigenvalue weighted by Gasteiger charge is 2.10. The molecule has 1 heterocycles. The number of nitrogens with zero attached hydrogens (tertiary/aromatic N) is 1. The van der Waals surface area contributed by atoms with Crippen molar-refractivity contribution in [2.45, 2.75) is 39.3 Å². The predicted molar refractivity (Wildman–Crippen MR) is 68.6 cm³/mol. The van der Waals surface area contributed by atoms with Crippen LogP contribution in [0.4, 0.5) is 0 Å². The molecule has 5 nitrogen and oxygen atoms in total. The summed E-state index contributed by atoms with van der Waals surface area (Å²) in [7, 11) is 0.